The van der Waals surface area contributed by atoms with E-state index in [1.54, 1.807) is 12.1 Å². The van der Waals surface area contributed by atoms with Crippen LogP contribution in [0.3, 0.4) is 0 Å². The lowest BCUT2D eigenvalue weighted by atomic mass is 10.1. The smallest absolute Gasteiger partial charge is 0.123 e. The minimum absolute atomic E-state index is 0.299. The molecule has 0 aliphatic carbocycles. The van der Waals surface area contributed by atoms with Crippen LogP contribution < -0.4 is 16.6 Å². The number of para-hydroxylation sites is 1. The van der Waals surface area contributed by atoms with Gasteiger partial charge in [-0.1, -0.05) is 18.2 Å². The minimum atomic E-state index is -0.299. The van der Waals surface area contributed by atoms with Gasteiger partial charge in [0.2, 0.25) is 0 Å². The van der Waals surface area contributed by atoms with Crippen LogP contribution in [0.1, 0.15) is 12.5 Å². The maximum atomic E-state index is 13.2. The largest absolute Gasteiger partial charge is 0.403 e. The van der Waals surface area contributed by atoms with E-state index in [-0.39, 0.29) is 5.82 Å². The van der Waals surface area contributed by atoms with Gasteiger partial charge in [-0.05, 0) is 55.5 Å². The van der Waals surface area contributed by atoms with E-state index >= 15 is 0 Å². The number of hydrogen-bond acceptors (Lipinski definition) is 3. The molecule has 4 aromatic rings. The van der Waals surface area contributed by atoms with E-state index in [2.05, 4.69) is 35.8 Å². The molecule has 0 radical (unpaired) electrons. The maximum absolute atomic E-state index is 13.2. The number of hydrazine groups is 1. The molecule has 0 saturated heterocycles. The van der Waals surface area contributed by atoms with Gasteiger partial charge in [-0.25, -0.2) is 10.2 Å². The summed E-state index contributed by atoms with van der Waals surface area (Å²) in [5, 5.41) is 3.85. The summed E-state index contributed by atoms with van der Waals surface area (Å²) in [7, 11) is 0. The zero-order valence-corrected chi connectivity index (χ0v) is 15.1. The average molecular weight is 360 g/mol. The molecular formula is C22H21FN4. The summed E-state index contributed by atoms with van der Waals surface area (Å²) in [5.74, 6) is 6.08. The molecule has 5 heteroatoms. The number of aromatic nitrogens is 1. The summed E-state index contributed by atoms with van der Waals surface area (Å²) >= 11 is 0. The normalized spacial score (nSPS) is 12.0. The number of anilines is 1. The molecule has 0 bridgehead atoms. The first-order valence-corrected chi connectivity index (χ1v) is 8.87. The van der Waals surface area contributed by atoms with Crippen molar-refractivity contribution in [1.82, 2.24) is 4.57 Å². The number of nitrogens with two attached hydrogens (primary N) is 2. The van der Waals surface area contributed by atoms with Crippen LogP contribution in [0.25, 0.3) is 27.5 Å². The Labute approximate surface area is 157 Å². The van der Waals surface area contributed by atoms with Gasteiger partial charge in [0.05, 0.1) is 11.4 Å². The van der Waals surface area contributed by atoms with Crippen molar-refractivity contribution >= 4 is 33.2 Å². The number of nitrogens with zero attached hydrogens (tertiary/aromatic N) is 2. The van der Waals surface area contributed by atoms with Gasteiger partial charge in [-0.15, -0.1) is 0 Å². The third kappa shape index (κ3) is 2.82. The lowest BCUT2D eigenvalue weighted by Gasteiger charge is -2.22. The monoisotopic (exact) mass is 360 g/mol. The fraction of sp³-hybridized carbons (Fsp3) is 0.0909. The number of aryl methyl sites for hydroxylation is 1. The second kappa shape index (κ2) is 6.78. The fourth-order valence-electron chi connectivity index (χ4n) is 3.61. The number of rotatable bonds is 4. The molecule has 0 spiro atoms. The fourth-order valence-corrected chi connectivity index (χ4v) is 3.61. The zero-order chi connectivity index (χ0) is 19.0. The molecule has 0 amide bonds. The molecule has 136 valence electrons. The SMILES string of the molecule is CCn1c2ccccc2c2cc(N(N)/C(=C\N)c3ccc(F)cc3)ccc21. The van der Waals surface area contributed by atoms with E-state index in [9.17, 15) is 4.39 Å². The number of benzene rings is 3. The van der Waals surface area contributed by atoms with E-state index in [1.807, 2.05) is 18.2 Å². The summed E-state index contributed by atoms with van der Waals surface area (Å²) in [5.41, 5.74) is 10.3. The van der Waals surface area contributed by atoms with Gasteiger partial charge in [0.25, 0.3) is 0 Å². The van der Waals surface area contributed by atoms with Gasteiger partial charge in [0.15, 0.2) is 0 Å². The summed E-state index contributed by atoms with van der Waals surface area (Å²) in [6.07, 6.45) is 1.44. The second-order valence-electron chi connectivity index (χ2n) is 6.39. The highest BCUT2D eigenvalue weighted by Crippen LogP contribution is 2.33. The summed E-state index contributed by atoms with van der Waals surface area (Å²) in [4.78, 5) is 0. The molecular weight excluding hydrogens is 339 g/mol. The predicted molar refractivity (Wildman–Crippen MR) is 110 cm³/mol. The molecule has 3 aromatic carbocycles. The molecule has 0 aliphatic rings. The second-order valence-corrected chi connectivity index (χ2v) is 6.39. The molecule has 4 rings (SSSR count). The number of halogens is 1. The predicted octanol–water partition coefficient (Wildman–Crippen LogP) is 4.59. The first kappa shape index (κ1) is 17.1. The topological polar surface area (TPSA) is 60.2 Å². The molecule has 0 fully saturated rings. The minimum Gasteiger partial charge on any atom is -0.403 e. The van der Waals surface area contributed by atoms with Gasteiger partial charge < -0.3 is 10.3 Å². The van der Waals surface area contributed by atoms with E-state index in [0.29, 0.717) is 5.70 Å². The van der Waals surface area contributed by atoms with Gasteiger partial charge in [-0.3, -0.25) is 5.01 Å². The Morgan fingerprint density at radius 1 is 1.00 bits per heavy atom. The van der Waals surface area contributed by atoms with Crippen LogP contribution in [0.2, 0.25) is 0 Å². The van der Waals surface area contributed by atoms with Crippen molar-refractivity contribution < 1.29 is 4.39 Å². The molecule has 1 heterocycles. The van der Waals surface area contributed by atoms with Crippen molar-refractivity contribution in [3.05, 3.63) is 84.3 Å². The Balaban J connectivity index is 1.83. The van der Waals surface area contributed by atoms with Crippen molar-refractivity contribution in [2.45, 2.75) is 13.5 Å². The Hall–Kier alpha value is -3.31. The van der Waals surface area contributed by atoms with Crippen molar-refractivity contribution in [2.24, 2.45) is 11.6 Å². The summed E-state index contributed by atoms with van der Waals surface area (Å²) < 4.78 is 15.5. The first-order valence-electron chi connectivity index (χ1n) is 8.87. The van der Waals surface area contributed by atoms with Crippen LogP contribution in [0, 0.1) is 5.82 Å². The molecule has 27 heavy (non-hydrogen) atoms. The molecule has 1 aromatic heterocycles. The molecule has 0 unspecified atom stereocenters. The van der Waals surface area contributed by atoms with Crippen molar-refractivity contribution in [2.75, 3.05) is 5.01 Å². The lowest BCUT2D eigenvalue weighted by molar-refractivity contribution is 0.627. The highest BCUT2D eigenvalue weighted by Gasteiger charge is 2.14. The average Bonchev–Trinajstić information content (AvgIpc) is 3.03. The molecule has 4 nitrogen and oxygen atoms in total. The van der Waals surface area contributed by atoms with Gasteiger partial charge in [0, 0.05) is 40.1 Å². The highest BCUT2D eigenvalue weighted by molar-refractivity contribution is 6.09. The Kier molecular flexibility index (Phi) is 4.30. The lowest BCUT2D eigenvalue weighted by Crippen LogP contribution is -2.29. The third-order valence-electron chi connectivity index (χ3n) is 4.91. The zero-order valence-electron chi connectivity index (χ0n) is 15.1. The van der Waals surface area contributed by atoms with Crippen molar-refractivity contribution in [1.29, 1.82) is 0 Å². The van der Waals surface area contributed by atoms with Crippen molar-refractivity contribution in [3.8, 4) is 0 Å². The molecule has 0 atom stereocenters. The van der Waals surface area contributed by atoms with Crippen LogP contribution in [0.4, 0.5) is 10.1 Å². The molecule has 0 aliphatic heterocycles. The van der Waals surface area contributed by atoms with Gasteiger partial charge in [0.1, 0.15) is 5.82 Å². The van der Waals surface area contributed by atoms with E-state index < -0.39 is 0 Å². The van der Waals surface area contributed by atoms with Gasteiger partial charge >= 0.3 is 0 Å². The molecule has 4 N–H and O–H groups in total. The van der Waals surface area contributed by atoms with Crippen LogP contribution in [0.5, 0.6) is 0 Å². The van der Waals surface area contributed by atoms with Crippen LogP contribution in [-0.2, 0) is 6.54 Å². The van der Waals surface area contributed by atoms with E-state index in [4.69, 9.17) is 11.6 Å². The quantitative estimate of drug-likeness (QED) is 0.413. The van der Waals surface area contributed by atoms with Crippen LogP contribution in [0.15, 0.2) is 72.9 Å². The summed E-state index contributed by atoms with van der Waals surface area (Å²) in [6, 6.07) is 20.6. The number of hydrogen-bond donors (Lipinski definition) is 2. The Morgan fingerprint density at radius 3 is 2.41 bits per heavy atom. The third-order valence-corrected chi connectivity index (χ3v) is 4.91. The van der Waals surface area contributed by atoms with Gasteiger partial charge in [-0.2, -0.15) is 0 Å². The van der Waals surface area contributed by atoms with Crippen LogP contribution >= 0.6 is 0 Å². The standard InChI is InChI=1S/C22H21FN4/c1-2-26-20-6-4-3-5-18(20)19-13-17(11-12-21(19)26)27(25)22(14-24)15-7-9-16(23)10-8-15/h3-14H,2,24-25H2,1H3/b22-14-. The first-order chi connectivity index (χ1) is 13.1. The Bertz CT molecular complexity index is 1140. The van der Waals surface area contributed by atoms with E-state index in [1.165, 1.54) is 34.2 Å². The molecule has 0 saturated carbocycles. The maximum Gasteiger partial charge on any atom is 0.123 e. The highest BCUT2D eigenvalue weighted by atomic mass is 19.1. The van der Waals surface area contributed by atoms with E-state index in [0.717, 1.165) is 28.7 Å². The van der Waals surface area contributed by atoms with Crippen LogP contribution in [-0.4, -0.2) is 4.57 Å². The Morgan fingerprint density at radius 2 is 1.70 bits per heavy atom. The number of fused-ring (bicyclic) bond motifs is 3. The summed E-state index contributed by atoms with van der Waals surface area (Å²) in [6.45, 7) is 3.03. The van der Waals surface area contributed by atoms with Crippen molar-refractivity contribution in [3.63, 3.8) is 0 Å².